The van der Waals surface area contributed by atoms with E-state index in [-0.39, 0.29) is 37.7 Å². The van der Waals surface area contributed by atoms with Crippen LogP contribution in [0.5, 0.6) is 0 Å². The molecule has 0 atom stereocenters. The van der Waals surface area contributed by atoms with Crippen molar-refractivity contribution < 1.29 is 37.7 Å². The van der Waals surface area contributed by atoms with E-state index >= 15 is 0 Å². The van der Waals surface area contributed by atoms with Crippen molar-refractivity contribution in [3.05, 3.63) is 70.9 Å². The van der Waals surface area contributed by atoms with Crippen molar-refractivity contribution in [1.29, 1.82) is 0 Å². The third-order valence-electron chi connectivity index (χ3n) is 3.58. The van der Waals surface area contributed by atoms with Crippen molar-refractivity contribution in [1.82, 2.24) is 0 Å². The van der Waals surface area contributed by atoms with Gasteiger partial charge in [-0.25, -0.2) is 0 Å². The first-order chi connectivity index (χ1) is 8.45. The number of rotatable bonds is 0. The minimum atomic E-state index is 0. The van der Waals surface area contributed by atoms with Crippen LogP contribution in [0.25, 0.3) is 0 Å². The van der Waals surface area contributed by atoms with E-state index in [0.29, 0.717) is 0 Å². The van der Waals surface area contributed by atoms with Gasteiger partial charge < -0.3 is 0 Å². The molecule has 0 unspecified atom stereocenters. The van der Waals surface area contributed by atoms with Crippen LogP contribution >= 0.6 is 0 Å². The summed E-state index contributed by atoms with van der Waals surface area (Å²) in [5.74, 6) is 0. The summed E-state index contributed by atoms with van der Waals surface area (Å²) in [4.78, 5) is 0. The van der Waals surface area contributed by atoms with Crippen LogP contribution in [0.2, 0.25) is 0 Å². The van der Waals surface area contributed by atoms with Crippen LogP contribution in [0.4, 0.5) is 0 Å². The van der Waals surface area contributed by atoms with Crippen LogP contribution in [-0.2, 0) is 0 Å². The Kier molecular flexibility index (Phi) is 7.06. The van der Waals surface area contributed by atoms with E-state index in [1.54, 1.807) is 0 Å². The molecule has 0 saturated carbocycles. The fourth-order valence-corrected chi connectivity index (χ4v) is 2.68. The van der Waals surface area contributed by atoms with Crippen molar-refractivity contribution in [3.8, 4) is 0 Å². The molecule has 2 heteroatoms. The van der Waals surface area contributed by atoms with Crippen LogP contribution < -0.4 is 37.7 Å². The molecule has 0 aliphatic heterocycles. The van der Waals surface area contributed by atoms with Gasteiger partial charge >= 0.3 is 37.7 Å². The average molecular weight is 234 g/mol. The Morgan fingerprint density at radius 3 is 1.63 bits per heavy atom. The van der Waals surface area contributed by atoms with E-state index in [1.165, 1.54) is 54.4 Å². The SMILES string of the molecule is [C-]1=CC2=C3C=C[C-]=CC(=C3C=C1)CCCCC2.[Li+].[Li+]. The molecule has 0 aromatic heterocycles. The van der Waals surface area contributed by atoms with Crippen LogP contribution in [0.1, 0.15) is 32.1 Å². The molecule has 0 radical (unpaired) electrons. The van der Waals surface area contributed by atoms with Crippen LogP contribution in [0.3, 0.4) is 0 Å². The number of allylic oxidation sites excluding steroid dienone is 12. The summed E-state index contributed by atoms with van der Waals surface area (Å²) in [5.41, 5.74) is 5.62. The Hall–Kier alpha value is -0.365. The molecule has 0 N–H and O–H groups in total. The van der Waals surface area contributed by atoms with Gasteiger partial charge in [-0.05, 0) is 0 Å². The molecule has 0 nitrogen and oxygen atoms in total. The van der Waals surface area contributed by atoms with E-state index in [0.717, 1.165) is 0 Å². The predicted molar refractivity (Wildman–Crippen MR) is 71.0 cm³/mol. The summed E-state index contributed by atoms with van der Waals surface area (Å²) < 4.78 is 0. The zero-order valence-corrected chi connectivity index (χ0v) is 12.0. The first kappa shape index (κ1) is 16.7. The molecule has 0 fully saturated rings. The zero-order valence-electron chi connectivity index (χ0n) is 12.0. The second kappa shape index (κ2) is 8.04. The summed E-state index contributed by atoms with van der Waals surface area (Å²) in [6.07, 6.45) is 25.6. The van der Waals surface area contributed by atoms with Crippen molar-refractivity contribution in [2.24, 2.45) is 0 Å². The molecule has 19 heavy (non-hydrogen) atoms. The summed E-state index contributed by atoms with van der Waals surface area (Å²) >= 11 is 0. The fourth-order valence-electron chi connectivity index (χ4n) is 2.68. The standard InChI is InChI=1S/C17H16.2Li/c1-2-8-14-10-4-6-13-17-15(9-3-1)11-5-7-12-16(14)17;;/h6-7,10-13H,1-3,8-9H2;;/q-2;2*+1. The molecule has 0 spiro atoms. The summed E-state index contributed by atoms with van der Waals surface area (Å²) in [6.45, 7) is 0. The third kappa shape index (κ3) is 3.81. The Labute approximate surface area is 140 Å². The molecule has 0 aromatic carbocycles. The van der Waals surface area contributed by atoms with Gasteiger partial charge in [0.1, 0.15) is 0 Å². The second-order valence-electron chi connectivity index (χ2n) is 4.73. The van der Waals surface area contributed by atoms with E-state index in [9.17, 15) is 0 Å². The normalized spacial score (nSPS) is 20.6. The zero-order chi connectivity index (χ0) is 11.5. The molecular formula is C17H16Li2. The fraction of sp³-hybridized carbons (Fsp3) is 0.294. The molecule has 0 heterocycles. The molecule has 86 valence electrons. The van der Waals surface area contributed by atoms with Crippen molar-refractivity contribution in [2.45, 2.75) is 32.1 Å². The maximum atomic E-state index is 3.26. The van der Waals surface area contributed by atoms with Gasteiger partial charge in [-0.2, -0.15) is 59.8 Å². The van der Waals surface area contributed by atoms with Gasteiger partial charge in [-0.3, -0.25) is 0 Å². The van der Waals surface area contributed by atoms with E-state index in [1.807, 2.05) is 12.2 Å². The topological polar surface area (TPSA) is 0 Å². The predicted octanol–water partition coefficient (Wildman–Crippen LogP) is -1.59. The Morgan fingerprint density at radius 2 is 1.16 bits per heavy atom. The average Bonchev–Trinajstić information content (AvgIpc) is 2.58. The van der Waals surface area contributed by atoms with Crippen molar-refractivity contribution >= 4 is 0 Å². The van der Waals surface area contributed by atoms with Gasteiger partial charge in [0, 0.05) is 0 Å². The number of hydrogen-bond donors (Lipinski definition) is 0. The summed E-state index contributed by atoms with van der Waals surface area (Å²) in [6, 6.07) is 0. The van der Waals surface area contributed by atoms with Gasteiger partial charge in [-0.1, -0.05) is 32.1 Å². The minimum Gasteiger partial charge on any atom is -0.184 e. The van der Waals surface area contributed by atoms with Gasteiger partial charge in [0.2, 0.25) is 0 Å². The molecule has 0 amide bonds. The molecule has 0 aromatic rings. The maximum absolute atomic E-state index is 3.26. The monoisotopic (exact) mass is 234 g/mol. The van der Waals surface area contributed by atoms with Crippen LogP contribution in [0.15, 0.2) is 58.7 Å². The van der Waals surface area contributed by atoms with Gasteiger partial charge in [0.15, 0.2) is 0 Å². The molecule has 3 aliphatic rings. The van der Waals surface area contributed by atoms with Crippen LogP contribution in [0, 0.1) is 12.2 Å². The second-order valence-corrected chi connectivity index (χ2v) is 4.73. The smallest absolute Gasteiger partial charge is 0.184 e. The van der Waals surface area contributed by atoms with Crippen molar-refractivity contribution in [3.63, 3.8) is 0 Å². The first-order valence-electron chi connectivity index (χ1n) is 6.43. The largest absolute Gasteiger partial charge is 1.00 e. The Bertz CT molecular complexity index is 453. The Balaban J connectivity index is 0.000000902. The molecule has 3 rings (SSSR count). The van der Waals surface area contributed by atoms with Crippen LogP contribution in [-0.4, -0.2) is 0 Å². The Morgan fingerprint density at radius 1 is 0.684 bits per heavy atom. The van der Waals surface area contributed by atoms with E-state index in [2.05, 4.69) is 36.5 Å². The quantitative estimate of drug-likeness (QED) is 0.350. The summed E-state index contributed by atoms with van der Waals surface area (Å²) in [7, 11) is 0. The summed E-state index contributed by atoms with van der Waals surface area (Å²) in [5, 5.41) is 0. The molecule has 0 saturated heterocycles. The van der Waals surface area contributed by atoms with Crippen molar-refractivity contribution in [2.75, 3.05) is 0 Å². The van der Waals surface area contributed by atoms with Gasteiger partial charge in [0.05, 0.1) is 0 Å². The third-order valence-corrected chi connectivity index (χ3v) is 3.58. The maximum Gasteiger partial charge on any atom is 1.00 e. The first-order valence-corrected chi connectivity index (χ1v) is 6.43. The minimum absolute atomic E-state index is 0. The molecule has 3 aliphatic carbocycles. The number of hydrogen-bond acceptors (Lipinski definition) is 0. The molecular weight excluding hydrogens is 218 g/mol. The van der Waals surface area contributed by atoms with E-state index in [4.69, 9.17) is 0 Å². The van der Waals surface area contributed by atoms with E-state index < -0.39 is 0 Å². The van der Waals surface area contributed by atoms with Gasteiger partial charge in [-0.15, -0.1) is 11.1 Å². The van der Waals surface area contributed by atoms with Gasteiger partial charge in [0.25, 0.3) is 0 Å². The molecule has 4 bridgehead atoms.